The van der Waals surface area contributed by atoms with Crippen LogP contribution in [0.25, 0.3) is 0 Å². The van der Waals surface area contributed by atoms with E-state index in [4.69, 9.17) is 5.73 Å². The molecule has 3 N–H and O–H groups in total. The molecule has 0 aliphatic carbocycles. The average molecular weight is 520 g/mol. The normalized spacial score (nSPS) is 14.7. The molecule has 1 fully saturated rings. The Kier molecular flexibility index (Phi) is 8.52. The van der Waals surface area contributed by atoms with E-state index in [0.29, 0.717) is 11.3 Å². The van der Waals surface area contributed by atoms with Gasteiger partial charge in [-0.1, -0.05) is 6.07 Å². The molecule has 0 unspecified atom stereocenters. The number of hydrogen-bond donors (Lipinski definition) is 2. The van der Waals surface area contributed by atoms with Gasteiger partial charge in [0.2, 0.25) is 0 Å². The molecule has 0 bridgehead atoms. The first-order valence-corrected chi connectivity index (χ1v) is 13.3. The highest BCUT2D eigenvalue weighted by Gasteiger charge is 2.30. The Balaban J connectivity index is 1.64. The van der Waals surface area contributed by atoms with Crippen LogP contribution in [0.15, 0.2) is 60.8 Å². The molecule has 1 aliphatic heterocycles. The molecule has 0 radical (unpaired) electrons. The van der Waals surface area contributed by atoms with Crippen LogP contribution in [0.1, 0.15) is 66.9 Å². The highest BCUT2D eigenvalue weighted by Crippen LogP contribution is 2.35. The minimum atomic E-state index is -0.798. The van der Waals surface area contributed by atoms with Crippen molar-refractivity contribution in [3.63, 3.8) is 0 Å². The van der Waals surface area contributed by atoms with Crippen molar-refractivity contribution >= 4 is 23.2 Å². The summed E-state index contributed by atoms with van der Waals surface area (Å²) in [7, 11) is 0. The van der Waals surface area contributed by atoms with Crippen LogP contribution in [0.3, 0.4) is 0 Å². The van der Waals surface area contributed by atoms with Crippen LogP contribution in [0.5, 0.6) is 0 Å². The van der Waals surface area contributed by atoms with Gasteiger partial charge >= 0.3 is 0 Å². The Bertz CT molecular complexity index is 1220. The van der Waals surface area contributed by atoms with E-state index in [-0.39, 0.29) is 29.6 Å². The lowest BCUT2D eigenvalue weighted by Gasteiger charge is -2.40. The van der Waals surface area contributed by atoms with Gasteiger partial charge in [-0.2, -0.15) is 0 Å². The first-order chi connectivity index (χ1) is 18.2. The maximum absolute atomic E-state index is 15.6. The number of anilines is 2. The summed E-state index contributed by atoms with van der Waals surface area (Å²) in [6.45, 7) is 10.6. The fourth-order valence-electron chi connectivity index (χ4n) is 5.46. The topological polar surface area (TPSA) is 85.7 Å². The molecule has 1 aliphatic rings. The second-order valence-electron chi connectivity index (χ2n) is 10.5. The molecule has 2 heterocycles. The van der Waals surface area contributed by atoms with Gasteiger partial charge < -0.3 is 20.5 Å². The molecule has 0 spiro atoms. The van der Waals surface area contributed by atoms with Gasteiger partial charge in [-0.3, -0.25) is 14.5 Å². The molecule has 7 nitrogen and oxygen atoms in total. The summed E-state index contributed by atoms with van der Waals surface area (Å²) in [6.07, 6.45) is 3.56. The minimum absolute atomic E-state index is 0.0110. The maximum atomic E-state index is 15.6. The number of piperidine rings is 1. The van der Waals surface area contributed by atoms with Crippen LogP contribution in [-0.2, 0) is 6.54 Å². The first-order valence-electron chi connectivity index (χ1n) is 13.3. The maximum Gasteiger partial charge on any atom is 0.254 e. The molecule has 2 amide bonds. The number of nitrogens with one attached hydrogen (secondary N) is 1. The number of H-pyrrole nitrogens is 1. The van der Waals surface area contributed by atoms with Crippen LogP contribution in [-0.4, -0.2) is 57.8 Å². The second-order valence-corrected chi connectivity index (χ2v) is 10.5. The molecule has 38 heavy (non-hydrogen) atoms. The van der Waals surface area contributed by atoms with Crippen LogP contribution < -0.4 is 10.6 Å². The average Bonchev–Trinajstić information content (AvgIpc) is 3.39. The number of nitrogens with two attached hydrogens (primary N) is 1. The quantitative estimate of drug-likeness (QED) is 0.401. The van der Waals surface area contributed by atoms with Gasteiger partial charge in [-0.05, 0) is 89.1 Å². The van der Waals surface area contributed by atoms with Gasteiger partial charge in [0.15, 0.2) is 5.82 Å². The zero-order valence-corrected chi connectivity index (χ0v) is 22.7. The van der Waals surface area contributed by atoms with E-state index in [0.717, 1.165) is 43.9 Å². The van der Waals surface area contributed by atoms with Crippen LogP contribution in [0, 0.1) is 5.82 Å². The molecular formula is C30H38FN5O2. The number of halogens is 1. The molecule has 202 valence electrons. The molecule has 8 heteroatoms. The third-order valence-corrected chi connectivity index (χ3v) is 7.22. The van der Waals surface area contributed by atoms with Crippen LogP contribution in [0.2, 0.25) is 0 Å². The first kappa shape index (κ1) is 27.4. The van der Waals surface area contributed by atoms with Crippen molar-refractivity contribution in [2.24, 2.45) is 5.73 Å². The number of benzene rings is 2. The summed E-state index contributed by atoms with van der Waals surface area (Å²) in [5.41, 5.74) is 8.17. The summed E-state index contributed by atoms with van der Waals surface area (Å²) >= 11 is 0. The monoisotopic (exact) mass is 519 g/mol. The zero-order chi connectivity index (χ0) is 27.4. The van der Waals surface area contributed by atoms with Crippen molar-refractivity contribution in [1.82, 2.24) is 14.8 Å². The van der Waals surface area contributed by atoms with Crippen molar-refractivity contribution in [3.05, 3.63) is 83.4 Å². The number of primary amides is 1. The lowest BCUT2D eigenvalue weighted by atomic mass is 9.99. The summed E-state index contributed by atoms with van der Waals surface area (Å²) in [5.74, 6) is -1.46. The fraction of sp³-hybridized carbons (Fsp3) is 0.400. The molecule has 1 saturated heterocycles. The van der Waals surface area contributed by atoms with Crippen LogP contribution >= 0.6 is 0 Å². The molecule has 0 saturated carbocycles. The zero-order valence-electron chi connectivity index (χ0n) is 22.7. The lowest BCUT2D eigenvalue weighted by Crippen LogP contribution is -2.43. The Hall–Kier alpha value is -3.65. The van der Waals surface area contributed by atoms with Gasteiger partial charge in [0, 0.05) is 60.9 Å². The summed E-state index contributed by atoms with van der Waals surface area (Å²) in [5, 5.41) is 0. The van der Waals surface area contributed by atoms with Gasteiger partial charge in [0.05, 0.1) is 11.3 Å². The van der Waals surface area contributed by atoms with Crippen molar-refractivity contribution in [2.45, 2.75) is 65.2 Å². The Labute approximate surface area is 224 Å². The number of aromatic nitrogens is 1. The number of carbonyl (C=O) groups is 2. The van der Waals surface area contributed by atoms with Gasteiger partial charge in [0.1, 0.15) is 0 Å². The third-order valence-electron chi connectivity index (χ3n) is 7.22. The number of likely N-dealkylation sites (tertiary alicyclic amines) is 1. The van der Waals surface area contributed by atoms with Gasteiger partial charge in [-0.15, -0.1) is 0 Å². The molecular weight excluding hydrogens is 481 g/mol. The summed E-state index contributed by atoms with van der Waals surface area (Å²) in [4.78, 5) is 34.6. The van der Waals surface area contributed by atoms with E-state index in [1.165, 1.54) is 6.07 Å². The van der Waals surface area contributed by atoms with E-state index in [2.05, 4.69) is 16.0 Å². The largest absolute Gasteiger partial charge is 0.366 e. The Morgan fingerprint density at radius 2 is 1.66 bits per heavy atom. The van der Waals surface area contributed by atoms with Crippen LogP contribution in [0.4, 0.5) is 15.8 Å². The smallest absolute Gasteiger partial charge is 0.254 e. The van der Waals surface area contributed by atoms with Crippen molar-refractivity contribution < 1.29 is 14.0 Å². The van der Waals surface area contributed by atoms with Crippen molar-refractivity contribution in [3.8, 4) is 0 Å². The number of rotatable bonds is 9. The second kappa shape index (κ2) is 11.8. The number of hydrogen-bond acceptors (Lipinski definition) is 4. The lowest BCUT2D eigenvalue weighted by molar-refractivity contribution is 0.0643. The van der Waals surface area contributed by atoms with E-state index >= 15 is 4.39 Å². The number of carbonyl (C=O) groups excluding carboxylic acids is 2. The Morgan fingerprint density at radius 1 is 1.00 bits per heavy atom. The molecule has 3 aromatic rings. The highest BCUT2D eigenvalue weighted by atomic mass is 19.1. The van der Waals surface area contributed by atoms with Gasteiger partial charge in [0.25, 0.3) is 11.8 Å². The molecule has 2 aromatic carbocycles. The highest BCUT2D eigenvalue weighted by molar-refractivity contribution is 5.96. The summed E-state index contributed by atoms with van der Waals surface area (Å²) < 4.78 is 15.6. The number of amides is 2. The van der Waals surface area contributed by atoms with E-state index in [1.807, 2.05) is 61.9 Å². The van der Waals surface area contributed by atoms with E-state index < -0.39 is 11.7 Å². The molecule has 4 rings (SSSR count). The predicted octanol–water partition coefficient (Wildman–Crippen LogP) is 5.31. The number of aromatic amines is 1. The predicted molar refractivity (Wildman–Crippen MR) is 149 cm³/mol. The molecule has 0 atom stereocenters. The van der Waals surface area contributed by atoms with Gasteiger partial charge in [-0.25, -0.2) is 4.39 Å². The fourth-order valence-corrected chi connectivity index (χ4v) is 5.46. The van der Waals surface area contributed by atoms with E-state index in [1.54, 1.807) is 24.3 Å². The minimum Gasteiger partial charge on any atom is -0.366 e. The SMILES string of the molecule is CC(C)N(C(=O)c1ccc(N(c2cccc(C(N)=O)c2F)C2CCN(Cc3ccc[nH]3)CC2)cc1)C(C)C. The van der Waals surface area contributed by atoms with Crippen molar-refractivity contribution in [2.75, 3.05) is 18.0 Å². The standard InChI is InChI=1S/C30H38FN5O2/c1-20(2)35(21(3)4)30(38)22-10-12-24(13-11-22)36(27-9-5-8-26(28(27)31)29(32)37)25-14-17-34(18-15-25)19-23-7-6-16-33-23/h5-13,16,20-21,25,33H,14-15,17-19H2,1-4H3,(H2,32,37). The van der Waals surface area contributed by atoms with Crippen molar-refractivity contribution in [1.29, 1.82) is 0 Å². The Morgan fingerprint density at radius 3 is 2.21 bits per heavy atom. The van der Waals surface area contributed by atoms with E-state index in [9.17, 15) is 9.59 Å². The molecule has 1 aromatic heterocycles. The number of nitrogens with zero attached hydrogens (tertiary/aromatic N) is 3. The summed E-state index contributed by atoms with van der Waals surface area (Å²) in [6, 6.07) is 16.3. The third kappa shape index (κ3) is 5.91.